The number of aromatic nitrogens is 3. The number of nitrogens with one attached hydrogen (secondary N) is 1. The molecule has 1 N–H and O–H groups in total. The molecular formula is C13H17N3S3. The minimum absolute atomic E-state index is 0.494. The van der Waals surface area contributed by atoms with E-state index in [-0.39, 0.29) is 0 Å². The summed E-state index contributed by atoms with van der Waals surface area (Å²) in [5.41, 5.74) is 0. The van der Waals surface area contributed by atoms with Gasteiger partial charge in [0.2, 0.25) is 0 Å². The summed E-state index contributed by atoms with van der Waals surface area (Å²) in [5.74, 6) is 2.18. The van der Waals surface area contributed by atoms with Gasteiger partial charge in [-0.2, -0.15) is 16.9 Å². The Morgan fingerprint density at radius 1 is 1.58 bits per heavy atom. The van der Waals surface area contributed by atoms with Crippen LogP contribution in [-0.2, 0) is 0 Å². The molecule has 2 unspecified atom stereocenters. The number of rotatable bonds is 4. The minimum Gasteiger partial charge on any atom is -0.295 e. The molecule has 0 radical (unpaired) electrons. The molecule has 2 aromatic rings. The van der Waals surface area contributed by atoms with Crippen molar-refractivity contribution in [1.29, 1.82) is 0 Å². The molecule has 1 saturated carbocycles. The van der Waals surface area contributed by atoms with Gasteiger partial charge in [0.1, 0.15) is 0 Å². The summed E-state index contributed by atoms with van der Waals surface area (Å²) in [5, 5.41) is 10.2. The summed E-state index contributed by atoms with van der Waals surface area (Å²) in [4.78, 5) is 1.19. The van der Waals surface area contributed by atoms with E-state index in [1.165, 1.54) is 29.9 Å². The lowest BCUT2D eigenvalue weighted by molar-refractivity contribution is 0.526. The zero-order chi connectivity index (χ0) is 13.2. The first-order valence-electron chi connectivity index (χ1n) is 6.63. The average Bonchev–Trinajstić information content (AvgIpc) is 3.09. The van der Waals surface area contributed by atoms with Gasteiger partial charge in [-0.05, 0) is 42.3 Å². The maximum absolute atomic E-state index is 5.46. The van der Waals surface area contributed by atoms with Crippen molar-refractivity contribution in [3.63, 3.8) is 0 Å². The Kier molecular flexibility index (Phi) is 4.10. The highest BCUT2D eigenvalue weighted by molar-refractivity contribution is 7.99. The molecule has 1 fully saturated rings. The van der Waals surface area contributed by atoms with Crippen molar-refractivity contribution in [2.75, 3.05) is 5.75 Å². The molecule has 0 aromatic carbocycles. The van der Waals surface area contributed by atoms with E-state index in [9.17, 15) is 0 Å². The van der Waals surface area contributed by atoms with E-state index in [1.807, 2.05) is 0 Å². The van der Waals surface area contributed by atoms with Gasteiger partial charge in [-0.25, -0.2) is 0 Å². The summed E-state index contributed by atoms with van der Waals surface area (Å²) >= 11 is 9.24. The van der Waals surface area contributed by atoms with Gasteiger partial charge in [0.15, 0.2) is 10.6 Å². The first kappa shape index (κ1) is 13.4. The van der Waals surface area contributed by atoms with Crippen LogP contribution in [0.4, 0.5) is 0 Å². The Labute approximate surface area is 126 Å². The van der Waals surface area contributed by atoms with Crippen molar-refractivity contribution in [1.82, 2.24) is 14.8 Å². The first-order valence-corrected chi connectivity index (χ1v) is 8.97. The quantitative estimate of drug-likeness (QED) is 0.843. The molecule has 1 aliphatic carbocycles. The second kappa shape index (κ2) is 5.81. The normalized spacial score (nSPS) is 23.0. The van der Waals surface area contributed by atoms with Crippen molar-refractivity contribution in [3.8, 4) is 10.7 Å². The number of H-pyrrole nitrogens is 1. The summed E-state index contributed by atoms with van der Waals surface area (Å²) in [6.45, 7) is 2.23. The van der Waals surface area contributed by atoms with Crippen LogP contribution < -0.4 is 0 Å². The molecule has 1 aliphatic rings. The maximum Gasteiger partial charge on any atom is 0.195 e. The van der Waals surface area contributed by atoms with Crippen LogP contribution in [0.1, 0.15) is 32.2 Å². The van der Waals surface area contributed by atoms with Crippen molar-refractivity contribution < 1.29 is 0 Å². The first-order chi connectivity index (χ1) is 9.31. The van der Waals surface area contributed by atoms with Gasteiger partial charge in [-0.1, -0.05) is 19.4 Å². The minimum atomic E-state index is 0.494. The highest BCUT2D eigenvalue weighted by Gasteiger charge is 2.31. The largest absolute Gasteiger partial charge is 0.295 e. The number of hydrogen-bond acceptors (Lipinski definition) is 4. The summed E-state index contributed by atoms with van der Waals surface area (Å²) in [7, 11) is 0. The molecule has 102 valence electrons. The Balaban J connectivity index is 2.00. The molecule has 6 heteroatoms. The second-order valence-corrected chi connectivity index (χ2v) is 7.54. The van der Waals surface area contributed by atoms with Crippen LogP contribution in [0.5, 0.6) is 0 Å². The standard InChI is InChI=1S/C13H17N3S3/c1-2-18-10-6-3-5-9(10)16-12(14-15-13(16)17)11-7-4-8-19-11/h4,7-10H,2-3,5-6H2,1H3,(H,15,17). The molecule has 3 rings (SSSR count). The number of thiophene rings is 1. The Bertz CT molecular complexity index is 585. The predicted molar refractivity (Wildman–Crippen MR) is 85.5 cm³/mol. The molecule has 2 aromatic heterocycles. The molecule has 19 heavy (non-hydrogen) atoms. The zero-order valence-corrected chi connectivity index (χ0v) is 13.3. The summed E-state index contributed by atoms with van der Waals surface area (Å²) < 4.78 is 3.01. The van der Waals surface area contributed by atoms with Gasteiger partial charge in [0.25, 0.3) is 0 Å². The van der Waals surface area contributed by atoms with Crippen LogP contribution in [0.2, 0.25) is 0 Å². The highest BCUT2D eigenvalue weighted by atomic mass is 32.2. The van der Waals surface area contributed by atoms with Crippen LogP contribution in [0, 0.1) is 4.77 Å². The van der Waals surface area contributed by atoms with E-state index >= 15 is 0 Å². The van der Waals surface area contributed by atoms with Crippen LogP contribution in [0.15, 0.2) is 17.5 Å². The molecule has 0 aliphatic heterocycles. The monoisotopic (exact) mass is 311 g/mol. The Morgan fingerprint density at radius 3 is 3.21 bits per heavy atom. The van der Waals surface area contributed by atoms with Crippen molar-refractivity contribution in [2.45, 2.75) is 37.5 Å². The van der Waals surface area contributed by atoms with E-state index in [0.29, 0.717) is 11.3 Å². The highest BCUT2D eigenvalue weighted by Crippen LogP contribution is 2.40. The van der Waals surface area contributed by atoms with Crippen LogP contribution in [-0.4, -0.2) is 25.8 Å². The molecular weight excluding hydrogens is 294 g/mol. The Morgan fingerprint density at radius 2 is 2.47 bits per heavy atom. The van der Waals surface area contributed by atoms with E-state index < -0.39 is 0 Å². The third-order valence-electron chi connectivity index (χ3n) is 3.58. The van der Waals surface area contributed by atoms with E-state index in [2.05, 4.69) is 51.0 Å². The number of thioether (sulfide) groups is 1. The molecule has 2 heterocycles. The number of hydrogen-bond donors (Lipinski definition) is 1. The van der Waals surface area contributed by atoms with Gasteiger partial charge in [-0.15, -0.1) is 11.3 Å². The molecule has 3 nitrogen and oxygen atoms in total. The van der Waals surface area contributed by atoms with Gasteiger partial charge in [0, 0.05) is 11.3 Å². The van der Waals surface area contributed by atoms with Crippen LogP contribution in [0.3, 0.4) is 0 Å². The fourth-order valence-corrected chi connectivity index (χ4v) is 5.02. The smallest absolute Gasteiger partial charge is 0.195 e. The van der Waals surface area contributed by atoms with Crippen molar-refractivity contribution in [3.05, 3.63) is 22.3 Å². The molecule has 0 amide bonds. The van der Waals surface area contributed by atoms with Crippen LogP contribution in [0.25, 0.3) is 10.7 Å². The van der Waals surface area contributed by atoms with Crippen molar-refractivity contribution >= 4 is 35.3 Å². The maximum atomic E-state index is 5.46. The van der Waals surface area contributed by atoms with Gasteiger partial charge < -0.3 is 0 Å². The van der Waals surface area contributed by atoms with Gasteiger partial charge in [0.05, 0.1) is 4.88 Å². The topological polar surface area (TPSA) is 33.6 Å². The van der Waals surface area contributed by atoms with Crippen molar-refractivity contribution in [2.24, 2.45) is 0 Å². The average molecular weight is 312 g/mol. The molecule has 0 spiro atoms. The molecule has 2 atom stereocenters. The van der Waals surface area contributed by atoms with E-state index in [1.54, 1.807) is 11.3 Å². The fraction of sp³-hybridized carbons (Fsp3) is 0.538. The van der Waals surface area contributed by atoms with Gasteiger partial charge >= 0.3 is 0 Å². The fourth-order valence-electron chi connectivity index (χ4n) is 2.80. The van der Waals surface area contributed by atoms with Crippen LogP contribution >= 0.6 is 35.3 Å². The lowest BCUT2D eigenvalue weighted by Gasteiger charge is -2.21. The lowest BCUT2D eigenvalue weighted by atomic mass is 10.2. The third kappa shape index (κ3) is 2.53. The molecule has 0 saturated heterocycles. The van der Waals surface area contributed by atoms with E-state index in [0.717, 1.165) is 10.6 Å². The summed E-state index contributed by atoms with van der Waals surface area (Å²) in [6.07, 6.45) is 3.79. The number of nitrogens with zero attached hydrogens (tertiary/aromatic N) is 2. The lowest BCUT2D eigenvalue weighted by Crippen LogP contribution is -2.17. The SMILES string of the molecule is CCSC1CCCC1n1c(-c2cccs2)n[nH]c1=S. The summed E-state index contributed by atoms with van der Waals surface area (Å²) in [6, 6.07) is 4.67. The predicted octanol–water partition coefficient (Wildman–Crippen LogP) is 4.52. The van der Waals surface area contributed by atoms with E-state index in [4.69, 9.17) is 12.2 Å². The zero-order valence-electron chi connectivity index (χ0n) is 10.8. The second-order valence-electron chi connectivity index (χ2n) is 4.69. The third-order valence-corrected chi connectivity index (χ3v) is 6.04. The number of aromatic amines is 1. The van der Waals surface area contributed by atoms with Gasteiger partial charge in [-0.3, -0.25) is 9.67 Å². The Hall–Kier alpha value is -0.590. The molecule has 0 bridgehead atoms.